The van der Waals surface area contributed by atoms with Crippen molar-refractivity contribution in [2.45, 2.75) is 25.9 Å². The predicted molar refractivity (Wildman–Crippen MR) is 79.6 cm³/mol. The van der Waals surface area contributed by atoms with Crippen LogP contribution in [0.2, 0.25) is 0 Å². The highest BCUT2D eigenvalue weighted by Crippen LogP contribution is 2.21. The number of nitrogens with one attached hydrogen (secondary N) is 2. The Morgan fingerprint density at radius 3 is 2.81 bits per heavy atom. The summed E-state index contributed by atoms with van der Waals surface area (Å²) < 4.78 is 29.1. The molecule has 1 unspecified atom stereocenters. The second-order valence-electron chi connectivity index (χ2n) is 5.17. The molecule has 6 nitrogen and oxygen atoms in total. The van der Waals surface area contributed by atoms with Gasteiger partial charge in [0.1, 0.15) is 5.82 Å². The van der Waals surface area contributed by atoms with Gasteiger partial charge in [0, 0.05) is 25.5 Å². The molecule has 0 bridgehead atoms. The van der Waals surface area contributed by atoms with E-state index in [1.807, 2.05) is 18.2 Å². The Bertz CT molecular complexity index is 712. The van der Waals surface area contributed by atoms with E-state index in [0.29, 0.717) is 18.9 Å². The zero-order chi connectivity index (χ0) is 14.9. The summed E-state index contributed by atoms with van der Waals surface area (Å²) in [6.07, 6.45) is 4.03. The van der Waals surface area contributed by atoms with Gasteiger partial charge in [0.05, 0.1) is 6.04 Å². The number of fused-ring (bicyclic) bond motifs is 1. The highest BCUT2D eigenvalue weighted by atomic mass is 32.2. The zero-order valence-corrected chi connectivity index (χ0v) is 12.6. The molecule has 0 amide bonds. The maximum absolute atomic E-state index is 12.5. The number of aromatic amines is 1. The summed E-state index contributed by atoms with van der Waals surface area (Å²) in [4.78, 5) is 7.00. The van der Waals surface area contributed by atoms with Gasteiger partial charge in [-0.05, 0) is 24.5 Å². The first-order valence-electron chi connectivity index (χ1n) is 6.90. The third-order valence-corrected chi connectivity index (χ3v) is 5.33. The van der Waals surface area contributed by atoms with Crippen molar-refractivity contribution in [1.29, 1.82) is 0 Å². The molecule has 1 aromatic heterocycles. The minimum Gasteiger partial charge on any atom is -0.347 e. The third kappa shape index (κ3) is 2.99. The molecule has 3 rings (SSSR count). The Kier molecular flexibility index (Phi) is 3.79. The molecule has 0 fully saturated rings. The number of rotatable bonds is 4. The Morgan fingerprint density at radius 1 is 1.33 bits per heavy atom. The van der Waals surface area contributed by atoms with Gasteiger partial charge in [-0.3, -0.25) is 0 Å². The molecule has 1 atom stereocenters. The van der Waals surface area contributed by atoms with Gasteiger partial charge in [-0.25, -0.2) is 4.98 Å². The summed E-state index contributed by atoms with van der Waals surface area (Å²) in [7, 11) is -3.53. The van der Waals surface area contributed by atoms with Gasteiger partial charge in [0.25, 0.3) is 10.2 Å². The number of H-pyrrole nitrogens is 1. The molecule has 7 heteroatoms. The Labute approximate surface area is 124 Å². The molecule has 0 radical (unpaired) electrons. The van der Waals surface area contributed by atoms with Gasteiger partial charge in [-0.1, -0.05) is 24.3 Å². The topological polar surface area (TPSA) is 78.1 Å². The average molecular weight is 306 g/mol. The van der Waals surface area contributed by atoms with E-state index in [-0.39, 0.29) is 6.04 Å². The molecule has 2 aromatic rings. The van der Waals surface area contributed by atoms with Crippen molar-refractivity contribution in [3.8, 4) is 0 Å². The number of hydrogen-bond donors (Lipinski definition) is 2. The molecule has 0 saturated carbocycles. The highest BCUT2D eigenvalue weighted by molar-refractivity contribution is 7.87. The molecule has 2 N–H and O–H groups in total. The molecule has 1 aliphatic heterocycles. The van der Waals surface area contributed by atoms with E-state index in [9.17, 15) is 8.42 Å². The summed E-state index contributed by atoms with van der Waals surface area (Å²) in [5.41, 5.74) is 2.29. The van der Waals surface area contributed by atoms with E-state index < -0.39 is 10.2 Å². The lowest BCUT2D eigenvalue weighted by Gasteiger charge is -2.29. The molecule has 1 aromatic carbocycles. The van der Waals surface area contributed by atoms with E-state index in [1.165, 1.54) is 9.87 Å². The first kappa shape index (κ1) is 14.2. The van der Waals surface area contributed by atoms with Crippen molar-refractivity contribution in [1.82, 2.24) is 19.0 Å². The smallest absolute Gasteiger partial charge is 0.280 e. The largest absolute Gasteiger partial charge is 0.347 e. The molecular weight excluding hydrogens is 288 g/mol. The monoisotopic (exact) mass is 306 g/mol. The fourth-order valence-corrected chi connectivity index (χ4v) is 3.89. The molecule has 21 heavy (non-hydrogen) atoms. The Hall–Kier alpha value is -1.70. The summed E-state index contributed by atoms with van der Waals surface area (Å²) in [6.45, 7) is 2.68. The second kappa shape index (κ2) is 5.59. The normalized spacial score (nSPS) is 17.4. The van der Waals surface area contributed by atoms with Gasteiger partial charge in [0.15, 0.2) is 0 Å². The minimum atomic E-state index is -3.53. The first-order valence-corrected chi connectivity index (χ1v) is 8.34. The predicted octanol–water partition coefficient (Wildman–Crippen LogP) is 1.36. The van der Waals surface area contributed by atoms with Crippen LogP contribution in [0, 0.1) is 0 Å². The van der Waals surface area contributed by atoms with E-state index in [1.54, 1.807) is 19.3 Å². The van der Waals surface area contributed by atoms with Crippen molar-refractivity contribution < 1.29 is 8.42 Å². The summed E-state index contributed by atoms with van der Waals surface area (Å²) in [6, 6.07) is 7.57. The summed E-state index contributed by atoms with van der Waals surface area (Å²) in [5.74, 6) is 0.607. The summed E-state index contributed by atoms with van der Waals surface area (Å²) >= 11 is 0. The van der Waals surface area contributed by atoms with Crippen LogP contribution < -0.4 is 4.72 Å². The van der Waals surface area contributed by atoms with Crippen molar-refractivity contribution in [3.05, 3.63) is 53.6 Å². The number of benzene rings is 1. The second-order valence-corrected chi connectivity index (χ2v) is 6.87. The maximum Gasteiger partial charge on any atom is 0.280 e. The Balaban J connectivity index is 1.74. The van der Waals surface area contributed by atoms with Crippen LogP contribution in [0.3, 0.4) is 0 Å². The highest BCUT2D eigenvalue weighted by Gasteiger charge is 2.28. The average Bonchev–Trinajstić information content (AvgIpc) is 3.00. The van der Waals surface area contributed by atoms with E-state index in [2.05, 4.69) is 20.8 Å². The third-order valence-electron chi connectivity index (χ3n) is 3.69. The van der Waals surface area contributed by atoms with Crippen molar-refractivity contribution >= 4 is 10.2 Å². The number of nitrogens with zero attached hydrogens (tertiary/aromatic N) is 2. The lowest BCUT2D eigenvalue weighted by Crippen LogP contribution is -2.44. The molecule has 112 valence electrons. The van der Waals surface area contributed by atoms with Gasteiger partial charge in [-0.15, -0.1) is 0 Å². The maximum atomic E-state index is 12.5. The van der Waals surface area contributed by atoms with Gasteiger partial charge in [0.2, 0.25) is 0 Å². The SMILES string of the molecule is CC(NS(=O)(=O)N1CCc2ccccc2C1)c1ncc[nH]1. The van der Waals surface area contributed by atoms with Crippen LogP contribution in [0.25, 0.3) is 0 Å². The molecule has 0 aliphatic carbocycles. The van der Waals surface area contributed by atoms with Crippen LogP contribution >= 0.6 is 0 Å². The van der Waals surface area contributed by atoms with Crippen LogP contribution in [-0.2, 0) is 23.2 Å². The molecule has 0 saturated heterocycles. The fourth-order valence-electron chi connectivity index (χ4n) is 2.54. The van der Waals surface area contributed by atoms with Crippen molar-refractivity contribution in [3.63, 3.8) is 0 Å². The van der Waals surface area contributed by atoms with Gasteiger partial charge in [-0.2, -0.15) is 17.4 Å². The number of imidazole rings is 1. The van der Waals surface area contributed by atoms with Crippen molar-refractivity contribution in [2.24, 2.45) is 0 Å². The van der Waals surface area contributed by atoms with Crippen LogP contribution in [0.15, 0.2) is 36.7 Å². The fraction of sp³-hybridized carbons (Fsp3) is 0.357. The van der Waals surface area contributed by atoms with Crippen LogP contribution in [0.5, 0.6) is 0 Å². The zero-order valence-electron chi connectivity index (χ0n) is 11.8. The first-order chi connectivity index (χ1) is 10.1. The van der Waals surface area contributed by atoms with E-state index in [4.69, 9.17) is 0 Å². The quantitative estimate of drug-likeness (QED) is 0.895. The number of aromatic nitrogens is 2. The molecular formula is C14H18N4O2S. The Morgan fingerprint density at radius 2 is 2.10 bits per heavy atom. The minimum absolute atomic E-state index is 0.387. The van der Waals surface area contributed by atoms with E-state index in [0.717, 1.165) is 12.0 Å². The van der Waals surface area contributed by atoms with Crippen LogP contribution in [0.1, 0.15) is 29.9 Å². The standard InChI is InChI=1S/C14H18N4O2S/c1-11(14-15-7-8-16-14)17-21(19,20)18-9-6-12-4-2-3-5-13(12)10-18/h2-5,7-8,11,17H,6,9-10H2,1H3,(H,15,16). The lowest BCUT2D eigenvalue weighted by molar-refractivity contribution is 0.379. The van der Waals surface area contributed by atoms with E-state index >= 15 is 0 Å². The van der Waals surface area contributed by atoms with Crippen molar-refractivity contribution in [2.75, 3.05) is 6.54 Å². The number of hydrogen-bond acceptors (Lipinski definition) is 3. The van der Waals surface area contributed by atoms with Crippen LogP contribution in [-0.4, -0.2) is 29.2 Å². The van der Waals surface area contributed by atoms with Crippen LogP contribution in [0.4, 0.5) is 0 Å². The summed E-state index contributed by atoms with van der Waals surface area (Å²) in [5, 5.41) is 0. The molecule has 1 aliphatic rings. The molecule has 2 heterocycles. The lowest BCUT2D eigenvalue weighted by atomic mass is 10.0. The van der Waals surface area contributed by atoms with Gasteiger partial charge < -0.3 is 4.98 Å². The molecule has 0 spiro atoms. The van der Waals surface area contributed by atoms with Gasteiger partial charge >= 0.3 is 0 Å².